The molecule has 3 heterocycles. The van der Waals surface area contributed by atoms with Gasteiger partial charge in [0.1, 0.15) is 5.65 Å². The van der Waals surface area contributed by atoms with Crippen LogP contribution in [0.3, 0.4) is 0 Å². The molecule has 1 aliphatic rings. The van der Waals surface area contributed by atoms with Crippen LogP contribution in [0.25, 0.3) is 5.65 Å². The molecule has 4 heteroatoms. The number of fused-ring (bicyclic) bond motifs is 1. The number of likely N-dealkylation sites (tertiary alicyclic amines) is 1. The Morgan fingerprint density at radius 2 is 1.91 bits per heavy atom. The Balaban J connectivity index is 2.02. The number of ether oxygens (including phenoxy) is 1. The summed E-state index contributed by atoms with van der Waals surface area (Å²) in [5.41, 5.74) is 4.71. The lowest BCUT2D eigenvalue weighted by Crippen LogP contribution is -2.19. The fourth-order valence-electron chi connectivity index (χ4n) is 3.19. The summed E-state index contributed by atoms with van der Waals surface area (Å²) in [7, 11) is 1.76. The molecule has 2 aromatic rings. The summed E-state index contributed by atoms with van der Waals surface area (Å²) in [6.45, 7) is 9.93. The largest absolute Gasteiger partial charge is 0.377 e. The minimum atomic E-state index is 0.0587. The highest BCUT2D eigenvalue weighted by Gasteiger charge is 2.17. The van der Waals surface area contributed by atoms with Crippen LogP contribution in [0.1, 0.15) is 62.5 Å². The van der Waals surface area contributed by atoms with Crippen LogP contribution in [0, 0.1) is 0 Å². The molecule has 2 aromatic heterocycles. The third kappa shape index (κ3) is 3.03. The van der Waals surface area contributed by atoms with Gasteiger partial charge in [-0.05, 0) is 50.4 Å². The number of aromatic nitrogens is 2. The topological polar surface area (TPSA) is 29.8 Å². The lowest BCUT2D eigenvalue weighted by molar-refractivity contribution is 0.120. The molecular formula is C18H27N3O. The molecule has 0 N–H and O–H groups in total. The predicted molar refractivity (Wildman–Crippen MR) is 89.2 cm³/mol. The van der Waals surface area contributed by atoms with E-state index in [1.54, 1.807) is 7.11 Å². The predicted octanol–water partition coefficient (Wildman–Crippen LogP) is 3.76. The second-order valence-corrected chi connectivity index (χ2v) is 6.72. The molecule has 1 aliphatic heterocycles. The Hall–Kier alpha value is -1.39. The fourth-order valence-corrected chi connectivity index (χ4v) is 3.19. The van der Waals surface area contributed by atoms with Crippen LogP contribution >= 0.6 is 0 Å². The van der Waals surface area contributed by atoms with Crippen LogP contribution in [0.4, 0.5) is 0 Å². The van der Waals surface area contributed by atoms with Crippen LogP contribution in [-0.2, 0) is 11.3 Å². The van der Waals surface area contributed by atoms with Crippen LogP contribution < -0.4 is 0 Å². The van der Waals surface area contributed by atoms with Gasteiger partial charge >= 0.3 is 0 Å². The monoisotopic (exact) mass is 301 g/mol. The molecule has 1 fully saturated rings. The Labute approximate surface area is 133 Å². The molecule has 1 atom stereocenters. The maximum Gasteiger partial charge on any atom is 0.142 e. The highest BCUT2D eigenvalue weighted by atomic mass is 16.5. The second-order valence-electron chi connectivity index (χ2n) is 6.72. The molecule has 120 valence electrons. The van der Waals surface area contributed by atoms with Crippen LogP contribution in [-0.4, -0.2) is 34.5 Å². The van der Waals surface area contributed by atoms with Gasteiger partial charge in [0.2, 0.25) is 0 Å². The fraction of sp³-hybridized carbons (Fsp3) is 0.611. The molecule has 0 aromatic carbocycles. The van der Waals surface area contributed by atoms with Crippen molar-refractivity contribution in [2.45, 2.75) is 52.2 Å². The first-order valence-electron chi connectivity index (χ1n) is 8.35. The van der Waals surface area contributed by atoms with E-state index in [1.165, 1.54) is 37.1 Å². The van der Waals surface area contributed by atoms with Gasteiger partial charge in [-0.3, -0.25) is 4.90 Å². The van der Waals surface area contributed by atoms with E-state index in [1.807, 2.05) is 0 Å². The van der Waals surface area contributed by atoms with Gasteiger partial charge in [0.25, 0.3) is 0 Å². The molecule has 0 radical (unpaired) electrons. The van der Waals surface area contributed by atoms with Gasteiger partial charge in [0, 0.05) is 31.6 Å². The number of hydrogen-bond acceptors (Lipinski definition) is 3. The molecular weight excluding hydrogens is 274 g/mol. The minimum Gasteiger partial charge on any atom is -0.377 e. The van der Waals surface area contributed by atoms with Gasteiger partial charge in [0.15, 0.2) is 0 Å². The van der Waals surface area contributed by atoms with Gasteiger partial charge in [-0.25, -0.2) is 4.98 Å². The number of methoxy groups -OCH3 is 1. The molecule has 0 bridgehead atoms. The highest BCUT2D eigenvalue weighted by molar-refractivity contribution is 5.52. The average Bonchev–Trinajstić information content (AvgIpc) is 3.14. The minimum absolute atomic E-state index is 0.0587. The van der Waals surface area contributed by atoms with E-state index < -0.39 is 0 Å². The summed E-state index contributed by atoms with van der Waals surface area (Å²) < 4.78 is 7.76. The molecule has 0 unspecified atom stereocenters. The summed E-state index contributed by atoms with van der Waals surface area (Å²) in [6, 6.07) is 2.28. The molecule has 1 saturated heterocycles. The summed E-state index contributed by atoms with van der Waals surface area (Å²) in [6.07, 6.45) is 7.11. The Kier molecular flexibility index (Phi) is 4.50. The molecule has 0 saturated carbocycles. The van der Waals surface area contributed by atoms with Crippen LogP contribution in [0.2, 0.25) is 0 Å². The zero-order chi connectivity index (χ0) is 15.7. The van der Waals surface area contributed by atoms with Crippen molar-refractivity contribution in [3.63, 3.8) is 0 Å². The zero-order valence-corrected chi connectivity index (χ0v) is 14.2. The van der Waals surface area contributed by atoms with Crippen molar-refractivity contribution in [3.05, 3.63) is 35.3 Å². The van der Waals surface area contributed by atoms with Gasteiger partial charge in [-0.15, -0.1) is 0 Å². The Morgan fingerprint density at radius 3 is 2.55 bits per heavy atom. The van der Waals surface area contributed by atoms with Crippen molar-refractivity contribution in [1.29, 1.82) is 0 Å². The summed E-state index contributed by atoms with van der Waals surface area (Å²) >= 11 is 0. The zero-order valence-electron chi connectivity index (χ0n) is 14.2. The first-order chi connectivity index (χ1) is 10.6. The van der Waals surface area contributed by atoms with E-state index in [0.29, 0.717) is 5.92 Å². The number of hydrogen-bond donors (Lipinski definition) is 0. The van der Waals surface area contributed by atoms with Gasteiger partial charge in [-0.1, -0.05) is 13.8 Å². The van der Waals surface area contributed by atoms with Crippen LogP contribution in [0.15, 0.2) is 18.5 Å². The standard InChI is InChI=1S/C18H27N3O/c1-13(2)17-12-21-11-15(10-20-7-5-6-8-20)9-16(14(3)22-4)18(21)19-17/h9,11-14H,5-8,10H2,1-4H3/t14-/m1/s1. The van der Waals surface area contributed by atoms with E-state index in [4.69, 9.17) is 9.72 Å². The van der Waals surface area contributed by atoms with Gasteiger partial charge < -0.3 is 9.14 Å². The van der Waals surface area contributed by atoms with E-state index in [9.17, 15) is 0 Å². The van der Waals surface area contributed by atoms with E-state index in [-0.39, 0.29) is 6.10 Å². The molecule has 0 spiro atoms. The molecule has 3 rings (SSSR count). The first-order valence-corrected chi connectivity index (χ1v) is 8.35. The highest BCUT2D eigenvalue weighted by Crippen LogP contribution is 2.26. The average molecular weight is 301 g/mol. The smallest absolute Gasteiger partial charge is 0.142 e. The third-order valence-corrected chi connectivity index (χ3v) is 4.64. The SMILES string of the molecule is CO[C@H](C)c1cc(CN2CCCC2)cn2cc(C(C)C)nc12. The van der Waals surface area contributed by atoms with Crippen molar-refractivity contribution >= 4 is 5.65 Å². The Morgan fingerprint density at radius 1 is 1.18 bits per heavy atom. The maximum absolute atomic E-state index is 5.57. The molecule has 22 heavy (non-hydrogen) atoms. The molecule has 0 amide bonds. The summed E-state index contributed by atoms with van der Waals surface area (Å²) in [4.78, 5) is 7.35. The number of rotatable bonds is 5. The van der Waals surface area contributed by atoms with Crippen molar-refractivity contribution < 1.29 is 4.74 Å². The summed E-state index contributed by atoms with van der Waals surface area (Å²) in [5, 5.41) is 0. The lowest BCUT2D eigenvalue weighted by Gasteiger charge is -2.17. The van der Waals surface area contributed by atoms with E-state index >= 15 is 0 Å². The van der Waals surface area contributed by atoms with Crippen molar-refractivity contribution in [1.82, 2.24) is 14.3 Å². The van der Waals surface area contributed by atoms with Gasteiger partial charge in [0.05, 0.1) is 11.8 Å². The lowest BCUT2D eigenvalue weighted by atomic mass is 10.1. The maximum atomic E-state index is 5.57. The van der Waals surface area contributed by atoms with Crippen molar-refractivity contribution in [2.24, 2.45) is 0 Å². The second kappa shape index (κ2) is 6.39. The Bertz CT molecular complexity index is 641. The number of nitrogens with zero attached hydrogens (tertiary/aromatic N) is 3. The number of imidazole rings is 1. The summed E-state index contributed by atoms with van der Waals surface area (Å²) in [5.74, 6) is 0.438. The normalized spacial score (nSPS) is 17.7. The van der Waals surface area contributed by atoms with Crippen LogP contribution in [0.5, 0.6) is 0 Å². The first kappa shape index (κ1) is 15.5. The van der Waals surface area contributed by atoms with Crippen molar-refractivity contribution in [2.75, 3.05) is 20.2 Å². The number of pyridine rings is 1. The van der Waals surface area contributed by atoms with E-state index in [0.717, 1.165) is 17.9 Å². The quantitative estimate of drug-likeness (QED) is 0.842. The van der Waals surface area contributed by atoms with Gasteiger partial charge in [-0.2, -0.15) is 0 Å². The van der Waals surface area contributed by atoms with E-state index in [2.05, 4.69) is 48.5 Å². The molecule has 0 aliphatic carbocycles. The third-order valence-electron chi connectivity index (χ3n) is 4.64. The van der Waals surface area contributed by atoms with Crippen molar-refractivity contribution in [3.8, 4) is 0 Å². The molecule has 4 nitrogen and oxygen atoms in total.